The standard InChI is InChI=1S/C25H33NO5S/c1-2-3-15-32(29,30)26-19-10-8-9-18(16-19)22(17-13-14-17)23-24(27)20-11-6-4-5-7-12-21(20)31-25(23)28/h5,7-10,12,16-17,20,22-24,26-27H,2-4,6,11,13-15H2,1H3. The predicted octanol–water partition coefficient (Wildman–Crippen LogP) is 4.50. The fourth-order valence-corrected chi connectivity index (χ4v) is 6.22. The van der Waals surface area contributed by atoms with E-state index in [1.807, 2.05) is 31.2 Å². The van der Waals surface area contributed by atoms with Gasteiger partial charge in [0.05, 0.1) is 17.8 Å². The van der Waals surface area contributed by atoms with Crippen molar-refractivity contribution in [1.82, 2.24) is 0 Å². The van der Waals surface area contributed by atoms with Crippen LogP contribution in [0.25, 0.3) is 0 Å². The number of anilines is 1. The van der Waals surface area contributed by atoms with E-state index >= 15 is 0 Å². The van der Waals surface area contributed by atoms with Gasteiger partial charge in [0.2, 0.25) is 10.0 Å². The van der Waals surface area contributed by atoms with E-state index in [1.165, 1.54) is 0 Å². The van der Waals surface area contributed by atoms with Gasteiger partial charge in [0.25, 0.3) is 0 Å². The number of ether oxygens (including phenoxy) is 1. The quantitative estimate of drug-likeness (QED) is 0.559. The molecule has 0 spiro atoms. The Morgan fingerprint density at radius 3 is 2.81 bits per heavy atom. The van der Waals surface area contributed by atoms with Crippen LogP contribution in [-0.2, 0) is 19.6 Å². The Balaban J connectivity index is 1.61. The predicted molar refractivity (Wildman–Crippen MR) is 124 cm³/mol. The number of benzene rings is 1. The zero-order valence-corrected chi connectivity index (χ0v) is 19.4. The minimum Gasteiger partial charge on any atom is -0.430 e. The lowest BCUT2D eigenvalue weighted by atomic mass is 9.72. The molecule has 0 amide bonds. The van der Waals surface area contributed by atoms with E-state index in [0.29, 0.717) is 17.9 Å². The van der Waals surface area contributed by atoms with Crippen molar-refractivity contribution in [2.45, 2.75) is 63.9 Å². The number of aliphatic hydroxyl groups is 1. The summed E-state index contributed by atoms with van der Waals surface area (Å²) in [7, 11) is -3.42. The molecule has 1 aromatic carbocycles. The van der Waals surface area contributed by atoms with Gasteiger partial charge >= 0.3 is 5.97 Å². The number of fused-ring (bicyclic) bond motifs is 1. The van der Waals surface area contributed by atoms with Crippen LogP contribution in [0, 0.1) is 17.8 Å². The Morgan fingerprint density at radius 2 is 2.06 bits per heavy atom. The van der Waals surface area contributed by atoms with E-state index in [9.17, 15) is 18.3 Å². The normalized spacial score (nSPS) is 26.9. The van der Waals surface area contributed by atoms with E-state index in [1.54, 1.807) is 12.1 Å². The topological polar surface area (TPSA) is 92.7 Å². The highest BCUT2D eigenvalue weighted by atomic mass is 32.2. The highest BCUT2D eigenvalue weighted by Crippen LogP contribution is 2.51. The third-order valence-electron chi connectivity index (χ3n) is 6.75. The van der Waals surface area contributed by atoms with Gasteiger partial charge in [0.15, 0.2) is 0 Å². The van der Waals surface area contributed by atoms with Gasteiger partial charge in [-0.2, -0.15) is 0 Å². The molecule has 1 saturated heterocycles. The number of rotatable bonds is 8. The molecular weight excluding hydrogens is 426 g/mol. The Morgan fingerprint density at radius 1 is 1.25 bits per heavy atom. The molecule has 2 fully saturated rings. The third-order valence-corrected chi connectivity index (χ3v) is 8.12. The first-order chi connectivity index (χ1) is 15.4. The summed E-state index contributed by atoms with van der Waals surface area (Å²) in [5.74, 6) is -0.507. The molecule has 2 N–H and O–H groups in total. The molecule has 2 aliphatic carbocycles. The van der Waals surface area contributed by atoms with E-state index in [-0.39, 0.29) is 29.5 Å². The highest BCUT2D eigenvalue weighted by molar-refractivity contribution is 7.92. The SMILES string of the molecule is CCCCS(=O)(=O)Nc1cccc(C(C2CC2)C2C(=O)OC3=CC=CCCCC3C2O)c1. The largest absolute Gasteiger partial charge is 0.430 e. The first-order valence-corrected chi connectivity index (χ1v) is 13.4. The number of hydrogen-bond acceptors (Lipinski definition) is 5. The fourth-order valence-electron chi connectivity index (χ4n) is 4.96. The van der Waals surface area contributed by atoms with Crippen LogP contribution in [0.5, 0.6) is 0 Å². The van der Waals surface area contributed by atoms with Crippen LogP contribution in [0.3, 0.4) is 0 Å². The molecule has 0 aromatic heterocycles. The first-order valence-electron chi connectivity index (χ1n) is 11.8. The van der Waals surface area contributed by atoms with Crippen LogP contribution < -0.4 is 4.72 Å². The van der Waals surface area contributed by atoms with Crippen LogP contribution in [0.1, 0.15) is 63.4 Å². The summed E-state index contributed by atoms with van der Waals surface area (Å²) in [6.07, 6.45) is 11.0. The van der Waals surface area contributed by atoms with Crippen molar-refractivity contribution in [2.24, 2.45) is 17.8 Å². The molecule has 1 heterocycles. The maximum Gasteiger partial charge on any atom is 0.317 e. The number of sulfonamides is 1. The molecule has 1 saturated carbocycles. The molecular formula is C25H33NO5S. The van der Waals surface area contributed by atoms with Gasteiger partial charge in [-0.05, 0) is 68.2 Å². The lowest BCUT2D eigenvalue weighted by Gasteiger charge is -2.39. The minimum atomic E-state index is -3.42. The zero-order valence-electron chi connectivity index (χ0n) is 18.6. The second kappa shape index (κ2) is 9.79. The number of esters is 1. The van der Waals surface area contributed by atoms with Gasteiger partial charge in [-0.1, -0.05) is 37.6 Å². The summed E-state index contributed by atoms with van der Waals surface area (Å²) in [6.45, 7) is 1.96. The maximum atomic E-state index is 13.1. The Bertz CT molecular complexity index is 995. The van der Waals surface area contributed by atoms with Crippen molar-refractivity contribution in [3.8, 4) is 0 Å². The number of unbranched alkanes of at least 4 members (excludes halogenated alkanes) is 1. The molecule has 6 nitrogen and oxygen atoms in total. The third kappa shape index (κ3) is 5.26. The summed E-state index contributed by atoms with van der Waals surface area (Å²) >= 11 is 0. The van der Waals surface area contributed by atoms with Crippen molar-refractivity contribution >= 4 is 21.7 Å². The van der Waals surface area contributed by atoms with Crippen LogP contribution in [0.2, 0.25) is 0 Å². The number of carbonyl (C=O) groups excluding carboxylic acids is 1. The van der Waals surface area contributed by atoms with Gasteiger partial charge in [-0.15, -0.1) is 0 Å². The zero-order chi connectivity index (χ0) is 22.7. The van der Waals surface area contributed by atoms with Crippen molar-refractivity contribution < 1.29 is 23.1 Å². The minimum absolute atomic E-state index is 0.0820. The lowest BCUT2D eigenvalue weighted by molar-refractivity contribution is -0.160. The summed E-state index contributed by atoms with van der Waals surface area (Å²) in [5, 5.41) is 11.3. The summed E-state index contributed by atoms with van der Waals surface area (Å²) in [6, 6.07) is 7.29. The van der Waals surface area contributed by atoms with Crippen LogP contribution in [-0.4, -0.2) is 31.4 Å². The highest BCUT2D eigenvalue weighted by Gasteiger charge is 2.50. The van der Waals surface area contributed by atoms with E-state index in [0.717, 1.165) is 44.1 Å². The van der Waals surface area contributed by atoms with Crippen molar-refractivity contribution in [3.05, 3.63) is 53.8 Å². The summed E-state index contributed by atoms with van der Waals surface area (Å²) in [5.41, 5.74) is 1.38. The number of hydrogen-bond donors (Lipinski definition) is 2. The molecule has 1 aliphatic heterocycles. The second-order valence-electron chi connectivity index (χ2n) is 9.24. The molecule has 0 bridgehead atoms. The fraction of sp³-hybridized carbons (Fsp3) is 0.560. The number of nitrogens with one attached hydrogen (secondary N) is 1. The molecule has 174 valence electrons. The maximum absolute atomic E-state index is 13.1. The summed E-state index contributed by atoms with van der Waals surface area (Å²) < 4.78 is 33.2. The van der Waals surface area contributed by atoms with E-state index < -0.39 is 22.0 Å². The Labute approximate surface area is 190 Å². The molecule has 4 rings (SSSR count). The molecule has 4 atom stereocenters. The van der Waals surface area contributed by atoms with Crippen LogP contribution >= 0.6 is 0 Å². The van der Waals surface area contributed by atoms with Gasteiger partial charge in [0.1, 0.15) is 5.76 Å². The average Bonchev–Trinajstić information content (AvgIpc) is 3.56. The van der Waals surface area contributed by atoms with Crippen LogP contribution in [0.15, 0.2) is 48.3 Å². The van der Waals surface area contributed by atoms with Crippen molar-refractivity contribution in [3.63, 3.8) is 0 Å². The Kier molecular flexibility index (Phi) is 7.05. The smallest absolute Gasteiger partial charge is 0.317 e. The molecule has 7 heteroatoms. The van der Waals surface area contributed by atoms with Crippen molar-refractivity contribution in [1.29, 1.82) is 0 Å². The van der Waals surface area contributed by atoms with Gasteiger partial charge in [0, 0.05) is 17.5 Å². The number of aliphatic hydroxyl groups excluding tert-OH is 1. The second-order valence-corrected chi connectivity index (χ2v) is 11.1. The number of carbonyl (C=O) groups is 1. The van der Waals surface area contributed by atoms with Crippen LogP contribution in [0.4, 0.5) is 5.69 Å². The van der Waals surface area contributed by atoms with Gasteiger partial charge in [-0.25, -0.2) is 8.42 Å². The Hall–Kier alpha value is -2.12. The van der Waals surface area contributed by atoms with E-state index in [4.69, 9.17) is 4.74 Å². The van der Waals surface area contributed by atoms with Crippen molar-refractivity contribution in [2.75, 3.05) is 10.5 Å². The lowest BCUT2D eigenvalue weighted by Crippen LogP contribution is -2.45. The van der Waals surface area contributed by atoms with Gasteiger partial charge in [-0.3, -0.25) is 9.52 Å². The molecule has 32 heavy (non-hydrogen) atoms. The first kappa shape index (κ1) is 23.1. The molecule has 3 aliphatic rings. The molecule has 4 unspecified atom stereocenters. The number of allylic oxidation sites excluding steroid dienone is 3. The molecule has 1 aromatic rings. The van der Waals surface area contributed by atoms with E-state index in [2.05, 4.69) is 10.8 Å². The van der Waals surface area contributed by atoms with Gasteiger partial charge < -0.3 is 9.84 Å². The monoisotopic (exact) mass is 459 g/mol. The summed E-state index contributed by atoms with van der Waals surface area (Å²) in [4.78, 5) is 13.1. The average molecular weight is 460 g/mol. The molecule has 0 radical (unpaired) electrons.